The van der Waals surface area contributed by atoms with E-state index in [0.29, 0.717) is 18.7 Å². The molecule has 1 aliphatic heterocycles. The van der Waals surface area contributed by atoms with Crippen molar-refractivity contribution in [1.82, 2.24) is 9.88 Å². The highest BCUT2D eigenvalue weighted by atomic mass is 16.7. The van der Waals surface area contributed by atoms with Gasteiger partial charge >= 0.3 is 0 Å². The lowest BCUT2D eigenvalue weighted by molar-refractivity contribution is 0.0729. The summed E-state index contributed by atoms with van der Waals surface area (Å²) in [7, 11) is 0. The zero-order valence-corrected chi connectivity index (χ0v) is 14.2. The van der Waals surface area contributed by atoms with Gasteiger partial charge in [0.05, 0.1) is 5.56 Å². The number of hydrogen-bond acceptors (Lipinski definition) is 4. The second-order valence-corrected chi connectivity index (χ2v) is 6.08. The lowest BCUT2D eigenvalue weighted by Crippen LogP contribution is -2.30. The van der Waals surface area contributed by atoms with Crippen molar-refractivity contribution in [2.45, 2.75) is 13.1 Å². The van der Waals surface area contributed by atoms with E-state index in [1.807, 2.05) is 53.4 Å². The van der Waals surface area contributed by atoms with Gasteiger partial charge in [-0.1, -0.05) is 36.4 Å². The van der Waals surface area contributed by atoms with Gasteiger partial charge in [0.1, 0.15) is 0 Å². The fourth-order valence-electron chi connectivity index (χ4n) is 2.93. The Hall–Kier alpha value is -3.34. The van der Waals surface area contributed by atoms with Crippen molar-refractivity contribution in [2.75, 3.05) is 6.79 Å². The maximum absolute atomic E-state index is 13.0. The lowest BCUT2D eigenvalue weighted by Gasteiger charge is -2.23. The molecule has 2 aromatic carbocycles. The first-order chi connectivity index (χ1) is 12.8. The average molecular weight is 346 g/mol. The van der Waals surface area contributed by atoms with E-state index in [4.69, 9.17) is 9.47 Å². The van der Waals surface area contributed by atoms with Crippen molar-refractivity contribution in [3.63, 3.8) is 0 Å². The van der Waals surface area contributed by atoms with Crippen molar-refractivity contribution < 1.29 is 14.3 Å². The number of fused-ring (bicyclic) bond motifs is 1. The predicted octanol–water partition coefficient (Wildman–Crippen LogP) is 3.65. The standard InChI is InChI=1S/C21H18N2O3/c24-21(18-7-4-10-22-12-18)23(13-16-5-2-1-3-6-16)14-17-8-9-19-20(11-17)26-15-25-19/h1-12H,13-15H2. The maximum atomic E-state index is 13.0. The SMILES string of the molecule is O=C(c1cccnc1)N(Cc1ccccc1)Cc1ccc2c(c1)OCO2. The molecule has 0 spiro atoms. The molecule has 0 aliphatic carbocycles. The van der Waals surface area contributed by atoms with Crippen LogP contribution in [0.15, 0.2) is 73.1 Å². The fraction of sp³-hybridized carbons (Fsp3) is 0.143. The van der Waals surface area contributed by atoms with E-state index in [0.717, 1.165) is 22.6 Å². The quantitative estimate of drug-likeness (QED) is 0.708. The second-order valence-electron chi connectivity index (χ2n) is 6.08. The van der Waals surface area contributed by atoms with Crippen molar-refractivity contribution in [3.8, 4) is 11.5 Å². The first-order valence-electron chi connectivity index (χ1n) is 8.41. The first kappa shape index (κ1) is 16.1. The van der Waals surface area contributed by atoms with Crippen LogP contribution in [0.3, 0.4) is 0 Å². The summed E-state index contributed by atoms with van der Waals surface area (Å²) in [6.07, 6.45) is 3.26. The monoisotopic (exact) mass is 346 g/mol. The first-order valence-corrected chi connectivity index (χ1v) is 8.41. The second kappa shape index (κ2) is 7.27. The van der Waals surface area contributed by atoms with Crippen molar-refractivity contribution in [3.05, 3.63) is 89.7 Å². The van der Waals surface area contributed by atoms with E-state index in [1.165, 1.54) is 0 Å². The summed E-state index contributed by atoms with van der Waals surface area (Å²) in [4.78, 5) is 18.9. The predicted molar refractivity (Wildman–Crippen MR) is 96.8 cm³/mol. The van der Waals surface area contributed by atoms with Gasteiger partial charge in [0.2, 0.25) is 6.79 Å². The molecule has 4 rings (SSSR count). The third kappa shape index (κ3) is 3.52. The van der Waals surface area contributed by atoms with Crippen LogP contribution in [0.4, 0.5) is 0 Å². The summed E-state index contributed by atoms with van der Waals surface area (Å²) < 4.78 is 10.8. The fourth-order valence-corrected chi connectivity index (χ4v) is 2.93. The Bertz CT molecular complexity index is 898. The molecule has 0 fully saturated rings. The summed E-state index contributed by atoms with van der Waals surface area (Å²) in [5, 5.41) is 0. The number of ether oxygens (including phenoxy) is 2. The highest BCUT2D eigenvalue weighted by molar-refractivity contribution is 5.93. The summed E-state index contributed by atoms with van der Waals surface area (Å²) in [5.41, 5.74) is 2.64. The van der Waals surface area contributed by atoms with Crippen LogP contribution < -0.4 is 9.47 Å². The molecule has 0 bridgehead atoms. The van der Waals surface area contributed by atoms with Gasteiger partial charge in [0, 0.05) is 25.5 Å². The number of carbonyl (C=O) groups excluding carboxylic acids is 1. The normalized spacial score (nSPS) is 12.0. The number of benzene rings is 2. The third-order valence-electron chi connectivity index (χ3n) is 4.22. The van der Waals surface area contributed by atoms with Crippen LogP contribution in [-0.2, 0) is 13.1 Å². The van der Waals surface area contributed by atoms with E-state index in [9.17, 15) is 4.79 Å². The van der Waals surface area contributed by atoms with Gasteiger partial charge in [0.25, 0.3) is 5.91 Å². The number of pyridine rings is 1. The van der Waals surface area contributed by atoms with Crippen LogP contribution >= 0.6 is 0 Å². The highest BCUT2D eigenvalue weighted by Gasteiger charge is 2.19. The lowest BCUT2D eigenvalue weighted by atomic mass is 10.1. The Morgan fingerprint density at radius 1 is 0.923 bits per heavy atom. The van der Waals surface area contributed by atoms with Gasteiger partial charge in [-0.25, -0.2) is 0 Å². The zero-order valence-electron chi connectivity index (χ0n) is 14.2. The topological polar surface area (TPSA) is 51.7 Å². The molecule has 26 heavy (non-hydrogen) atoms. The van der Waals surface area contributed by atoms with Crippen LogP contribution in [-0.4, -0.2) is 22.6 Å². The molecule has 0 atom stereocenters. The Labute approximate surface area is 151 Å². The number of aromatic nitrogens is 1. The van der Waals surface area contributed by atoms with Gasteiger partial charge < -0.3 is 14.4 Å². The summed E-state index contributed by atoms with van der Waals surface area (Å²) in [5.74, 6) is 1.40. The molecule has 0 radical (unpaired) electrons. The Kier molecular flexibility index (Phi) is 4.51. The van der Waals surface area contributed by atoms with Gasteiger partial charge in [-0.05, 0) is 35.4 Å². The van der Waals surface area contributed by atoms with Gasteiger partial charge in [-0.15, -0.1) is 0 Å². The molecule has 5 nitrogen and oxygen atoms in total. The zero-order chi connectivity index (χ0) is 17.8. The number of amides is 1. The minimum absolute atomic E-state index is 0.0559. The van der Waals surface area contributed by atoms with Crippen LogP contribution in [0.1, 0.15) is 21.5 Å². The molecule has 1 aliphatic rings. The average Bonchev–Trinajstić information content (AvgIpc) is 3.16. The molecule has 1 amide bonds. The van der Waals surface area contributed by atoms with Crippen LogP contribution in [0, 0.1) is 0 Å². The molecule has 130 valence electrons. The molecule has 0 N–H and O–H groups in total. The van der Waals surface area contributed by atoms with Crippen molar-refractivity contribution in [1.29, 1.82) is 0 Å². The van der Waals surface area contributed by atoms with E-state index in [-0.39, 0.29) is 12.7 Å². The Morgan fingerprint density at radius 3 is 2.54 bits per heavy atom. The number of rotatable bonds is 5. The smallest absolute Gasteiger partial charge is 0.256 e. The van der Waals surface area contributed by atoms with Crippen molar-refractivity contribution >= 4 is 5.91 Å². The molecule has 2 heterocycles. The number of nitrogens with zero attached hydrogens (tertiary/aromatic N) is 2. The molecule has 1 aromatic heterocycles. The van der Waals surface area contributed by atoms with Crippen LogP contribution in [0.25, 0.3) is 0 Å². The van der Waals surface area contributed by atoms with E-state index in [1.54, 1.807) is 24.5 Å². The molecule has 0 unspecified atom stereocenters. The number of hydrogen-bond donors (Lipinski definition) is 0. The Morgan fingerprint density at radius 2 is 1.73 bits per heavy atom. The minimum atomic E-state index is -0.0559. The van der Waals surface area contributed by atoms with Gasteiger partial charge in [0.15, 0.2) is 11.5 Å². The number of carbonyl (C=O) groups is 1. The molecule has 0 saturated heterocycles. The molecule has 3 aromatic rings. The van der Waals surface area contributed by atoms with E-state index >= 15 is 0 Å². The molecule has 5 heteroatoms. The third-order valence-corrected chi connectivity index (χ3v) is 4.22. The van der Waals surface area contributed by atoms with Crippen LogP contribution in [0.5, 0.6) is 11.5 Å². The van der Waals surface area contributed by atoms with Crippen molar-refractivity contribution in [2.24, 2.45) is 0 Å². The molecular formula is C21H18N2O3. The van der Waals surface area contributed by atoms with Crippen LogP contribution in [0.2, 0.25) is 0 Å². The van der Waals surface area contributed by atoms with E-state index < -0.39 is 0 Å². The summed E-state index contributed by atoms with van der Waals surface area (Å²) >= 11 is 0. The summed E-state index contributed by atoms with van der Waals surface area (Å²) in [6, 6.07) is 19.3. The summed E-state index contributed by atoms with van der Waals surface area (Å²) in [6.45, 7) is 1.23. The highest BCUT2D eigenvalue weighted by Crippen LogP contribution is 2.33. The van der Waals surface area contributed by atoms with E-state index in [2.05, 4.69) is 4.98 Å². The van der Waals surface area contributed by atoms with Gasteiger partial charge in [-0.2, -0.15) is 0 Å². The van der Waals surface area contributed by atoms with Gasteiger partial charge in [-0.3, -0.25) is 9.78 Å². The maximum Gasteiger partial charge on any atom is 0.256 e. The Balaban J connectivity index is 1.60. The molecule has 0 saturated carbocycles. The largest absolute Gasteiger partial charge is 0.454 e. The minimum Gasteiger partial charge on any atom is -0.454 e. The molecular weight excluding hydrogens is 328 g/mol.